The van der Waals surface area contributed by atoms with Crippen molar-refractivity contribution in [2.24, 2.45) is 7.05 Å². The van der Waals surface area contributed by atoms with Gasteiger partial charge in [-0.2, -0.15) is 0 Å². The average Bonchev–Trinajstić information content (AvgIpc) is 2.88. The fraction of sp³-hybridized carbons (Fsp3) is 0.167. The first-order valence-electron chi connectivity index (χ1n) is 7.28. The Bertz CT molecular complexity index is 883. The highest BCUT2D eigenvalue weighted by atomic mass is 15.3. The molecule has 0 spiro atoms. The van der Waals surface area contributed by atoms with Crippen molar-refractivity contribution in [3.05, 3.63) is 67.3 Å². The quantitative estimate of drug-likeness (QED) is 0.478. The van der Waals surface area contributed by atoms with Crippen molar-refractivity contribution in [2.75, 3.05) is 0 Å². The maximum atomic E-state index is 4.25. The summed E-state index contributed by atoms with van der Waals surface area (Å²) in [6, 6.07) is 13.7. The van der Waals surface area contributed by atoms with Crippen LogP contribution in [-0.2, 0) is 7.05 Å². The first-order valence-corrected chi connectivity index (χ1v) is 7.28. The molecule has 1 aliphatic heterocycles. The lowest BCUT2D eigenvalue weighted by Crippen LogP contribution is -2.23. The van der Waals surface area contributed by atoms with Gasteiger partial charge in [-0.15, -0.1) is 0 Å². The highest BCUT2D eigenvalue weighted by molar-refractivity contribution is 5.82. The van der Waals surface area contributed by atoms with Crippen molar-refractivity contribution in [2.45, 2.75) is 12.1 Å². The van der Waals surface area contributed by atoms with E-state index in [4.69, 9.17) is 0 Å². The van der Waals surface area contributed by atoms with Gasteiger partial charge in [0.15, 0.2) is 5.69 Å². The van der Waals surface area contributed by atoms with Gasteiger partial charge in [-0.25, -0.2) is 9.13 Å². The van der Waals surface area contributed by atoms with Gasteiger partial charge >= 0.3 is 0 Å². The number of imidazole rings is 1. The van der Waals surface area contributed by atoms with Crippen LogP contribution in [0.3, 0.4) is 0 Å². The molecule has 3 heterocycles. The Labute approximate surface area is 123 Å². The van der Waals surface area contributed by atoms with Crippen LogP contribution in [0.4, 0.5) is 0 Å². The second-order valence-corrected chi connectivity index (χ2v) is 6.02. The summed E-state index contributed by atoms with van der Waals surface area (Å²) in [7, 11) is 2.08. The topological polar surface area (TPSA) is 13.7 Å². The van der Waals surface area contributed by atoms with Crippen LogP contribution in [0.15, 0.2) is 67.3 Å². The van der Waals surface area contributed by atoms with Crippen molar-refractivity contribution in [1.29, 1.82) is 0 Å². The van der Waals surface area contributed by atoms with E-state index in [-0.39, 0.29) is 0 Å². The SMILES string of the molecule is C=C1C2C1n1ccc(-c3ccccc3)c1-c1c[n+](C)cn12. The summed E-state index contributed by atoms with van der Waals surface area (Å²) in [5.74, 6) is 0. The van der Waals surface area contributed by atoms with Crippen LogP contribution in [0.2, 0.25) is 0 Å². The smallest absolute Gasteiger partial charge is 0.244 e. The number of hydrogen-bond donors (Lipinski definition) is 0. The van der Waals surface area contributed by atoms with Gasteiger partial charge in [0.25, 0.3) is 0 Å². The zero-order chi connectivity index (χ0) is 14.1. The minimum absolute atomic E-state index is 0.428. The number of rotatable bonds is 1. The molecular weight excluding hydrogens is 258 g/mol. The van der Waals surface area contributed by atoms with Crippen molar-refractivity contribution in [3.63, 3.8) is 0 Å². The van der Waals surface area contributed by atoms with Gasteiger partial charge in [-0.05, 0) is 17.2 Å². The summed E-state index contributed by atoms with van der Waals surface area (Å²) >= 11 is 0. The molecule has 1 aliphatic carbocycles. The number of benzene rings is 1. The molecule has 0 amide bonds. The molecule has 2 unspecified atom stereocenters. The van der Waals surface area contributed by atoms with Crippen LogP contribution >= 0.6 is 0 Å². The van der Waals surface area contributed by atoms with E-state index in [1.54, 1.807) is 0 Å². The van der Waals surface area contributed by atoms with Gasteiger partial charge in [0, 0.05) is 11.8 Å². The molecule has 2 aliphatic rings. The molecule has 1 saturated carbocycles. The van der Waals surface area contributed by atoms with E-state index >= 15 is 0 Å². The maximum absolute atomic E-state index is 4.25. The molecule has 2 aromatic heterocycles. The lowest BCUT2D eigenvalue weighted by Gasteiger charge is -2.14. The predicted octanol–water partition coefficient (Wildman–Crippen LogP) is 3.11. The standard InChI is InChI=1S/C18H16N3/c1-12-16-17(12)21-11-19(2)10-15(21)18-14(8-9-20(16)18)13-6-4-3-5-7-13/h3-11,16-17H,1H2,2H3/q+1. The minimum atomic E-state index is 0.428. The van der Waals surface area contributed by atoms with E-state index in [1.165, 1.54) is 28.1 Å². The molecule has 3 nitrogen and oxygen atoms in total. The van der Waals surface area contributed by atoms with Gasteiger partial charge in [0.2, 0.25) is 6.33 Å². The zero-order valence-electron chi connectivity index (χ0n) is 11.9. The third kappa shape index (κ3) is 1.31. The average molecular weight is 274 g/mol. The van der Waals surface area contributed by atoms with Gasteiger partial charge < -0.3 is 4.57 Å². The summed E-state index contributed by atoms with van der Waals surface area (Å²) in [5.41, 5.74) is 6.46. The maximum Gasteiger partial charge on any atom is 0.244 e. The highest BCUT2D eigenvalue weighted by Gasteiger charge is 2.55. The Balaban J connectivity index is 1.82. The third-order valence-electron chi connectivity index (χ3n) is 4.70. The number of aryl methyl sites for hydroxylation is 1. The molecule has 21 heavy (non-hydrogen) atoms. The van der Waals surface area contributed by atoms with E-state index < -0.39 is 0 Å². The molecule has 1 fully saturated rings. The summed E-state index contributed by atoms with van der Waals surface area (Å²) in [5, 5.41) is 0. The first kappa shape index (κ1) is 11.1. The summed E-state index contributed by atoms with van der Waals surface area (Å²) < 4.78 is 6.90. The molecule has 0 saturated heterocycles. The van der Waals surface area contributed by atoms with Crippen LogP contribution in [0.1, 0.15) is 12.1 Å². The van der Waals surface area contributed by atoms with Crippen LogP contribution < -0.4 is 4.57 Å². The molecule has 1 aromatic carbocycles. The van der Waals surface area contributed by atoms with Crippen molar-refractivity contribution in [3.8, 4) is 22.5 Å². The molecule has 3 heteroatoms. The normalized spacial score (nSPS) is 21.7. The molecular formula is C18H16N3+. The Kier molecular flexibility index (Phi) is 1.89. The monoisotopic (exact) mass is 274 g/mol. The summed E-state index contributed by atoms with van der Waals surface area (Å²) in [6.45, 7) is 4.25. The number of nitrogens with zero attached hydrogens (tertiary/aromatic N) is 3. The molecule has 102 valence electrons. The van der Waals surface area contributed by atoms with Gasteiger partial charge in [0.05, 0.1) is 7.05 Å². The van der Waals surface area contributed by atoms with Crippen molar-refractivity contribution < 1.29 is 4.57 Å². The van der Waals surface area contributed by atoms with E-state index in [0.717, 1.165) is 0 Å². The van der Waals surface area contributed by atoms with Crippen LogP contribution in [0.5, 0.6) is 0 Å². The fourth-order valence-electron chi connectivity index (χ4n) is 3.70. The van der Waals surface area contributed by atoms with E-state index in [2.05, 4.69) is 82.4 Å². The van der Waals surface area contributed by atoms with Gasteiger partial charge in [0.1, 0.15) is 24.0 Å². The zero-order valence-corrected chi connectivity index (χ0v) is 11.9. The number of allylic oxidation sites excluding steroid dienone is 1. The van der Waals surface area contributed by atoms with Crippen LogP contribution in [0.25, 0.3) is 22.5 Å². The van der Waals surface area contributed by atoms with E-state index in [9.17, 15) is 0 Å². The van der Waals surface area contributed by atoms with E-state index in [0.29, 0.717) is 12.1 Å². The lowest BCUT2D eigenvalue weighted by atomic mass is 10.0. The van der Waals surface area contributed by atoms with Gasteiger partial charge in [-0.1, -0.05) is 36.9 Å². The molecule has 2 atom stereocenters. The third-order valence-corrected chi connectivity index (χ3v) is 4.70. The van der Waals surface area contributed by atoms with Crippen LogP contribution in [-0.4, -0.2) is 9.13 Å². The predicted molar refractivity (Wildman–Crippen MR) is 81.7 cm³/mol. The molecule has 5 rings (SSSR count). The van der Waals surface area contributed by atoms with Gasteiger partial charge in [-0.3, -0.25) is 0 Å². The van der Waals surface area contributed by atoms with E-state index in [1.807, 2.05) is 0 Å². The van der Waals surface area contributed by atoms with Crippen molar-refractivity contribution in [1.82, 2.24) is 9.13 Å². The Hall–Kier alpha value is -2.55. The fourth-order valence-corrected chi connectivity index (χ4v) is 3.70. The van der Waals surface area contributed by atoms with Crippen molar-refractivity contribution >= 4 is 0 Å². The largest absolute Gasteiger partial charge is 0.332 e. The number of hydrogen-bond acceptors (Lipinski definition) is 0. The molecule has 0 N–H and O–H groups in total. The second-order valence-electron chi connectivity index (χ2n) is 6.02. The van der Waals surface area contributed by atoms with Crippen LogP contribution in [0, 0.1) is 0 Å². The molecule has 3 aromatic rings. The minimum Gasteiger partial charge on any atom is -0.332 e. The summed E-state index contributed by atoms with van der Waals surface area (Å²) in [6.07, 6.45) is 6.60. The first-order chi connectivity index (χ1) is 10.3. The summed E-state index contributed by atoms with van der Waals surface area (Å²) in [4.78, 5) is 0. The molecule has 0 radical (unpaired) electrons. The Morgan fingerprint density at radius 2 is 1.81 bits per heavy atom. The number of fused-ring (bicyclic) bond motifs is 6. The second kappa shape index (κ2) is 3.55. The Morgan fingerprint density at radius 1 is 1.05 bits per heavy atom. The molecule has 0 bridgehead atoms. The Morgan fingerprint density at radius 3 is 2.62 bits per heavy atom. The lowest BCUT2D eigenvalue weighted by molar-refractivity contribution is -0.670. The highest BCUT2D eigenvalue weighted by Crippen LogP contribution is 2.59. The number of aromatic nitrogens is 3.